The van der Waals surface area contributed by atoms with E-state index in [1.807, 2.05) is 6.92 Å². The van der Waals surface area contributed by atoms with Crippen molar-refractivity contribution in [2.75, 3.05) is 6.54 Å². The van der Waals surface area contributed by atoms with E-state index in [1.54, 1.807) is 12.1 Å². The lowest BCUT2D eigenvalue weighted by Gasteiger charge is -2.11. The third kappa shape index (κ3) is 3.57. The number of ether oxygens (including phenoxy) is 1. The Morgan fingerprint density at radius 2 is 2.25 bits per heavy atom. The van der Waals surface area contributed by atoms with Crippen LogP contribution in [-0.2, 0) is 26.0 Å². The maximum absolute atomic E-state index is 12.1. The molecule has 1 aromatic rings. The van der Waals surface area contributed by atoms with Crippen LogP contribution >= 0.6 is 11.3 Å². The second kappa shape index (κ2) is 6.21. The van der Waals surface area contributed by atoms with Crippen LogP contribution in [0.4, 0.5) is 0 Å². The third-order valence-electron chi connectivity index (χ3n) is 3.13. The summed E-state index contributed by atoms with van der Waals surface area (Å²) in [4.78, 5) is 11.8. The van der Waals surface area contributed by atoms with E-state index in [1.165, 1.54) is 11.3 Å². The summed E-state index contributed by atoms with van der Waals surface area (Å²) in [5.41, 5.74) is 0. The molecule has 0 aromatic carbocycles. The summed E-state index contributed by atoms with van der Waals surface area (Å²) in [5, 5.41) is 8.81. The molecule has 2 rings (SSSR count). The average molecular weight is 319 g/mol. The Morgan fingerprint density at radius 1 is 1.50 bits per heavy atom. The van der Waals surface area contributed by atoms with Gasteiger partial charge in [-0.2, -0.15) is 0 Å². The van der Waals surface area contributed by atoms with Gasteiger partial charge in [-0.25, -0.2) is 17.9 Å². The van der Waals surface area contributed by atoms with Crippen molar-refractivity contribution in [1.29, 1.82) is 0 Å². The Labute approximate surface area is 121 Å². The molecule has 0 saturated carbocycles. The summed E-state index contributed by atoms with van der Waals surface area (Å²) in [6.07, 6.45) is 0.561. The molecule has 0 radical (unpaired) electrons. The molecule has 20 heavy (non-hydrogen) atoms. The van der Waals surface area contributed by atoms with E-state index in [9.17, 15) is 13.2 Å². The van der Waals surface area contributed by atoms with Crippen molar-refractivity contribution in [3.8, 4) is 0 Å². The first-order valence-corrected chi connectivity index (χ1v) is 8.69. The van der Waals surface area contributed by atoms with E-state index in [0.717, 1.165) is 11.3 Å². The number of hydrogen-bond acceptors (Lipinski definition) is 5. The summed E-state index contributed by atoms with van der Waals surface area (Å²) >= 11 is 1.24. The summed E-state index contributed by atoms with van der Waals surface area (Å²) < 4.78 is 32.1. The van der Waals surface area contributed by atoms with E-state index < -0.39 is 22.1 Å². The normalized spacial score (nSPS) is 23.1. The number of hydrogen-bond donors (Lipinski definition) is 2. The summed E-state index contributed by atoms with van der Waals surface area (Å²) in [5.74, 6) is -0.999. The van der Waals surface area contributed by atoms with Gasteiger partial charge in [0.15, 0.2) is 6.10 Å². The van der Waals surface area contributed by atoms with Crippen LogP contribution in [0.25, 0.3) is 0 Å². The molecule has 112 valence electrons. The molecule has 1 aromatic heterocycles. The van der Waals surface area contributed by atoms with Crippen molar-refractivity contribution < 1.29 is 23.1 Å². The average Bonchev–Trinajstić information content (AvgIpc) is 3.05. The number of aryl methyl sites for hydroxylation is 1. The molecule has 8 heteroatoms. The Bertz CT molecular complexity index is 580. The zero-order valence-electron chi connectivity index (χ0n) is 11.0. The van der Waals surface area contributed by atoms with Crippen molar-refractivity contribution in [3.63, 3.8) is 0 Å². The highest BCUT2D eigenvalue weighted by Gasteiger charge is 2.31. The molecule has 1 saturated heterocycles. The van der Waals surface area contributed by atoms with Gasteiger partial charge < -0.3 is 9.84 Å². The lowest BCUT2D eigenvalue weighted by Crippen LogP contribution is -2.32. The summed E-state index contributed by atoms with van der Waals surface area (Å²) in [6.45, 7) is 2.07. The summed E-state index contributed by atoms with van der Waals surface area (Å²) in [7, 11) is -3.53. The quantitative estimate of drug-likeness (QED) is 0.822. The van der Waals surface area contributed by atoms with E-state index in [4.69, 9.17) is 9.84 Å². The fourth-order valence-electron chi connectivity index (χ4n) is 2.00. The van der Waals surface area contributed by atoms with Crippen LogP contribution in [-0.4, -0.2) is 38.2 Å². The van der Waals surface area contributed by atoms with Crippen LogP contribution < -0.4 is 4.72 Å². The maximum atomic E-state index is 12.1. The molecule has 0 aliphatic carbocycles. The minimum Gasteiger partial charge on any atom is -0.479 e. The smallest absolute Gasteiger partial charge is 0.332 e. The molecule has 0 amide bonds. The van der Waals surface area contributed by atoms with Crippen molar-refractivity contribution >= 4 is 27.3 Å². The monoisotopic (exact) mass is 319 g/mol. The van der Waals surface area contributed by atoms with Crippen LogP contribution in [0.5, 0.6) is 0 Å². The van der Waals surface area contributed by atoms with E-state index in [2.05, 4.69) is 4.72 Å². The molecule has 6 nitrogen and oxygen atoms in total. The number of carbonyl (C=O) groups is 1. The highest BCUT2D eigenvalue weighted by molar-refractivity contribution is 7.91. The second-order valence-corrected chi connectivity index (χ2v) is 7.75. The molecule has 2 unspecified atom stereocenters. The lowest BCUT2D eigenvalue weighted by atomic mass is 10.2. The molecule has 1 aliphatic heterocycles. The molecule has 1 fully saturated rings. The highest BCUT2D eigenvalue weighted by Crippen LogP contribution is 2.23. The van der Waals surface area contributed by atoms with Crippen LogP contribution in [0.3, 0.4) is 0 Å². The Hall–Kier alpha value is -0.960. The van der Waals surface area contributed by atoms with Gasteiger partial charge in [0, 0.05) is 11.4 Å². The Balaban J connectivity index is 1.92. The van der Waals surface area contributed by atoms with Crippen molar-refractivity contribution in [2.45, 2.75) is 42.6 Å². The standard InChI is InChI=1S/C12H17NO5S2/c1-2-9-4-6-11(19-9)20(16,17)13-7-8-3-5-10(18-8)12(14)15/h4,6,8,10,13H,2-3,5,7H2,1H3,(H,14,15). The number of carboxylic acids is 1. The van der Waals surface area contributed by atoms with Crippen molar-refractivity contribution in [1.82, 2.24) is 4.72 Å². The van der Waals surface area contributed by atoms with Gasteiger partial charge in [0.05, 0.1) is 6.10 Å². The molecule has 2 N–H and O–H groups in total. The molecular weight excluding hydrogens is 302 g/mol. The predicted octanol–water partition coefficient (Wildman–Crippen LogP) is 1.22. The zero-order chi connectivity index (χ0) is 14.8. The van der Waals surface area contributed by atoms with Gasteiger partial charge in [-0.1, -0.05) is 6.92 Å². The van der Waals surface area contributed by atoms with Crippen molar-refractivity contribution in [3.05, 3.63) is 17.0 Å². The minimum atomic E-state index is -3.53. The zero-order valence-corrected chi connectivity index (χ0v) is 12.7. The van der Waals surface area contributed by atoms with Gasteiger partial charge in [0.25, 0.3) is 0 Å². The van der Waals surface area contributed by atoms with Crippen LogP contribution in [0.1, 0.15) is 24.6 Å². The molecule has 2 heterocycles. The Morgan fingerprint density at radius 3 is 2.80 bits per heavy atom. The van der Waals surface area contributed by atoms with Gasteiger partial charge in [-0.3, -0.25) is 0 Å². The second-order valence-electron chi connectivity index (χ2n) is 4.59. The van der Waals surface area contributed by atoms with Gasteiger partial charge in [-0.05, 0) is 31.4 Å². The first-order valence-electron chi connectivity index (χ1n) is 6.39. The molecule has 1 aliphatic rings. The van der Waals surface area contributed by atoms with Crippen LogP contribution in [0.15, 0.2) is 16.3 Å². The number of carboxylic acid groups (broad SMARTS) is 1. The summed E-state index contributed by atoms with van der Waals surface area (Å²) in [6, 6.07) is 3.38. The number of aliphatic carboxylic acids is 1. The van der Waals surface area contributed by atoms with Gasteiger partial charge in [-0.15, -0.1) is 11.3 Å². The van der Waals surface area contributed by atoms with Gasteiger partial charge in [0.1, 0.15) is 4.21 Å². The fraction of sp³-hybridized carbons (Fsp3) is 0.583. The van der Waals surface area contributed by atoms with E-state index >= 15 is 0 Å². The number of sulfonamides is 1. The molecule has 2 atom stereocenters. The number of nitrogens with one attached hydrogen (secondary N) is 1. The van der Waals surface area contributed by atoms with E-state index in [-0.39, 0.29) is 16.9 Å². The first-order chi connectivity index (χ1) is 9.42. The van der Waals surface area contributed by atoms with Crippen LogP contribution in [0.2, 0.25) is 0 Å². The molecular formula is C12H17NO5S2. The first kappa shape index (κ1) is 15.4. The predicted molar refractivity (Wildman–Crippen MR) is 74.4 cm³/mol. The van der Waals surface area contributed by atoms with Crippen LogP contribution in [0, 0.1) is 0 Å². The van der Waals surface area contributed by atoms with Gasteiger partial charge >= 0.3 is 5.97 Å². The minimum absolute atomic E-state index is 0.103. The molecule has 0 spiro atoms. The maximum Gasteiger partial charge on any atom is 0.332 e. The third-order valence-corrected chi connectivity index (χ3v) is 6.28. The largest absolute Gasteiger partial charge is 0.479 e. The number of thiophene rings is 1. The number of rotatable bonds is 6. The fourth-order valence-corrected chi connectivity index (χ4v) is 4.41. The van der Waals surface area contributed by atoms with Crippen molar-refractivity contribution in [2.24, 2.45) is 0 Å². The lowest BCUT2D eigenvalue weighted by molar-refractivity contribution is -0.149. The topological polar surface area (TPSA) is 92.7 Å². The van der Waals surface area contributed by atoms with E-state index in [0.29, 0.717) is 12.8 Å². The van der Waals surface area contributed by atoms with Gasteiger partial charge in [0.2, 0.25) is 10.0 Å². The Kier molecular flexibility index (Phi) is 4.79. The highest BCUT2D eigenvalue weighted by atomic mass is 32.2. The molecule has 0 bridgehead atoms. The SMILES string of the molecule is CCc1ccc(S(=O)(=O)NCC2CCC(C(=O)O)O2)s1.